The van der Waals surface area contributed by atoms with Gasteiger partial charge in [-0.3, -0.25) is 9.80 Å². The largest absolute Gasteiger partial charge is 0.441 e. The Balaban J connectivity index is 0.000000175. The van der Waals surface area contributed by atoms with Crippen LogP contribution in [0.3, 0.4) is 0 Å². The fourth-order valence-electron chi connectivity index (χ4n) is 5.80. The lowest BCUT2D eigenvalue weighted by atomic mass is 10.1. The lowest BCUT2D eigenvalue weighted by Gasteiger charge is -2.14. The number of anilines is 6. The highest BCUT2D eigenvalue weighted by atomic mass is 19.1. The van der Waals surface area contributed by atoms with E-state index in [2.05, 4.69) is 46.3 Å². The van der Waals surface area contributed by atoms with Crippen LogP contribution in [0.4, 0.5) is 53.0 Å². The number of nitrogens with zero attached hydrogens (tertiary/aromatic N) is 9. The lowest BCUT2D eigenvalue weighted by Crippen LogP contribution is -2.25. The van der Waals surface area contributed by atoms with Crippen molar-refractivity contribution in [1.82, 2.24) is 40.4 Å². The fourth-order valence-corrected chi connectivity index (χ4v) is 5.80. The molecule has 21 heteroatoms. The van der Waals surface area contributed by atoms with E-state index in [0.717, 1.165) is 0 Å². The third-order valence-electron chi connectivity index (χ3n) is 8.56. The Kier molecular flexibility index (Phi) is 11.5. The Hall–Kier alpha value is -7.10. The van der Waals surface area contributed by atoms with Crippen LogP contribution < -0.4 is 20.4 Å². The molecule has 57 heavy (non-hydrogen) atoms. The average molecular weight is 785 g/mol. The summed E-state index contributed by atoms with van der Waals surface area (Å²) in [6.07, 6.45) is 3.82. The van der Waals surface area contributed by atoms with Crippen LogP contribution in [0, 0.1) is 11.6 Å². The number of amides is 2. The summed E-state index contributed by atoms with van der Waals surface area (Å²) in [7, 11) is 1.56. The summed E-state index contributed by atoms with van der Waals surface area (Å²) in [5, 5.41) is 42.1. The number of aromatic amines is 1. The van der Waals surface area contributed by atoms with E-state index in [1.54, 1.807) is 61.8 Å². The highest BCUT2D eigenvalue weighted by Crippen LogP contribution is 2.31. The Morgan fingerprint density at radius 3 is 1.74 bits per heavy atom. The fraction of sp³-hybridized carbons (Fsp3) is 0.222. The van der Waals surface area contributed by atoms with Crippen molar-refractivity contribution in [3.8, 4) is 22.3 Å². The molecule has 19 nitrogen and oxygen atoms in total. The second-order valence-corrected chi connectivity index (χ2v) is 12.5. The zero-order valence-electron chi connectivity index (χ0n) is 30.0. The summed E-state index contributed by atoms with van der Waals surface area (Å²) in [5.41, 5.74) is 2.59. The molecule has 6 heterocycles. The number of ether oxygens (including phenoxy) is 3. The van der Waals surface area contributed by atoms with Crippen LogP contribution in [-0.2, 0) is 20.9 Å². The summed E-state index contributed by atoms with van der Waals surface area (Å²) >= 11 is 0. The Bertz CT molecular complexity index is 2310. The van der Waals surface area contributed by atoms with Crippen molar-refractivity contribution in [2.75, 3.05) is 53.8 Å². The third kappa shape index (κ3) is 8.91. The molecule has 4 aromatic heterocycles. The molecule has 2 amide bonds. The minimum Gasteiger partial charge on any atom is -0.441 e. The number of methoxy groups -OCH3 is 1. The molecule has 2 fully saturated rings. The molecule has 5 N–H and O–H groups in total. The topological polar surface area (TPSA) is 231 Å². The van der Waals surface area contributed by atoms with Crippen molar-refractivity contribution in [2.45, 2.75) is 18.9 Å². The number of carbonyl (C=O) groups excluding carboxylic acids is 2. The van der Waals surface area contributed by atoms with Crippen LogP contribution in [0.1, 0.15) is 0 Å². The number of cyclic esters (lactones) is 2. The molecule has 2 unspecified atom stereocenters. The van der Waals surface area contributed by atoms with E-state index in [1.807, 2.05) is 0 Å². The number of halogens is 2. The predicted molar refractivity (Wildman–Crippen MR) is 199 cm³/mol. The second-order valence-electron chi connectivity index (χ2n) is 12.5. The number of H-pyrrole nitrogens is 1. The van der Waals surface area contributed by atoms with E-state index in [1.165, 1.54) is 45.2 Å². The number of aliphatic hydroxyl groups is 2. The molecular weight excluding hydrogens is 750 g/mol. The van der Waals surface area contributed by atoms with E-state index < -0.39 is 36.0 Å². The first-order chi connectivity index (χ1) is 27.7. The minimum absolute atomic E-state index is 0.172. The number of benzene rings is 2. The maximum Gasteiger partial charge on any atom is 0.414 e. The lowest BCUT2D eigenvalue weighted by molar-refractivity contribution is 0.0960. The molecule has 2 aromatic carbocycles. The summed E-state index contributed by atoms with van der Waals surface area (Å²) in [5.74, 6) is 1.09. The van der Waals surface area contributed by atoms with E-state index in [-0.39, 0.29) is 33.0 Å². The highest BCUT2D eigenvalue weighted by molar-refractivity contribution is 5.91. The maximum atomic E-state index is 14.7. The second kappa shape index (κ2) is 17.1. The molecule has 2 aliphatic rings. The van der Waals surface area contributed by atoms with Crippen molar-refractivity contribution >= 4 is 46.8 Å². The van der Waals surface area contributed by atoms with E-state index >= 15 is 0 Å². The number of pyridine rings is 2. The smallest absolute Gasteiger partial charge is 0.414 e. The number of carbonyl (C=O) groups is 2. The zero-order chi connectivity index (χ0) is 39.9. The molecule has 2 atom stereocenters. The number of aromatic nitrogens is 8. The van der Waals surface area contributed by atoms with Crippen LogP contribution in [0.5, 0.6) is 0 Å². The Labute approximate surface area is 321 Å². The summed E-state index contributed by atoms with van der Waals surface area (Å²) < 4.78 is 45.8. The summed E-state index contributed by atoms with van der Waals surface area (Å²) in [4.78, 5) is 34.8. The van der Waals surface area contributed by atoms with Gasteiger partial charge in [0.1, 0.15) is 42.2 Å². The Morgan fingerprint density at radius 2 is 1.32 bits per heavy atom. The number of hydrogen-bond acceptors (Lipinski definition) is 15. The number of hydrogen-bond donors (Lipinski definition) is 5. The van der Waals surface area contributed by atoms with Gasteiger partial charge < -0.3 is 35.1 Å². The SMILES string of the molecule is COCn1cc(Nc2ccc(-c3ccc(N4CC(CO)OC4=O)cc3F)cn2)nn1.O=C1OC(CO)CN1c1ccc(-c2ccc(Nc3cn[nH]n3)nc2)c(F)c1. The maximum absolute atomic E-state index is 14.7. The van der Waals surface area contributed by atoms with E-state index in [0.29, 0.717) is 56.9 Å². The van der Waals surface area contributed by atoms with Crippen LogP contribution in [0.25, 0.3) is 22.3 Å². The van der Waals surface area contributed by atoms with Crippen LogP contribution in [0.2, 0.25) is 0 Å². The molecule has 2 saturated heterocycles. The first kappa shape index (κ1) is 38.2. The van der Waals surface area contributed by atoms with Gasteiger partial charge in [0.25, 0.3) is 0 Å². The quantitative estimate of drug-likeness (QED) is 0.117. The van der Waals surface area contributed by atoms with Gasteiger partial charge in [0.05, 0.1) is 50.1 Å². The number of aliphatic hydroxyl groups excluding tert-OH is 2. The molecule has 294 valence electrons. The third-order valence-corrected chi connectivity index (χ3v) is 8.56. The molecule has 8 rings (SSSR count). The van der Waals surface area contributed by atoms with Gasteiger partial charge in [0, 0.05) is 41.8 Å². The van der Waals surface area contributed by atoms with Crippen molar-refractivity contribution in [3.05, 3.63) is 97.1 Å². The van der Waals surface area contributed by atoms with Crippen LogP contribution in [0.15, 0.2) is 85.5 Å². The summed E-state index contributed by atoms with van der Waals surface area (Å²) in [6.45, 7) is 0.0794. The molecule has 0 saturated carbocycles. The van der Waals surface area contributed by atoms with Crippen molar-refractivity contribution < 1.29 is 42.8 Å². The van der Waals surface area contributed by atoms with Gasteiger partial charge in [0.15, 0.2) is 11.6 Å². The van der Waals surface area contributed by atoms with Gasteiger partial charge in [-0.25, -0.2) is 33.0 Å². The number of nitrogens with one attached hydrogen (secondary N) is 3. The molecule has 0 spiro atoms. The average Bonchev–Trinajstić information content (AvgIpc) is 4.05. The van der Waals surface area contributed by atoms with Gasteiger partial charge in [-0.15, -0.1) is 10.2 Å². The standard InChI is InChI=1S/C19H19FN6O4.C17H15FN6O3/c1-29-11-25-9-18(23-24-25)22-17-5-2-12(7-21-17)15-4-3-13(6-16(15)20)26-8-14(10-27)30-19(26)28;18-14-5-11(24-8-12(9-25)27-17(24)26)2-3-13(14)10-1-4-15(19-6-10)21-16-7-20-23-22-16/h2-7,9,14,27H,8,10-11H2,1H3,(H,21,22);1-7,12,25H,8-9H2,(H2,19,20,21,22,23). The van der Waals surface area contributed by atoms with Crippen molar-refractivity contribution in [3.63, 3.8) is 0 Å². The van der Waals surface area contributed by atoms with E-state index in [9.17, 15) is 18.4 Å². The summed E-state index contributed by atoms with van der Waals surface area (Å²) in [6, 6.07) is 15.8. The molecule has 0 radical (unpaired) electrons. The van der Waals surface area contributed by atoms with Crippen LogP contribution in [-0.4, -0.2) is 108 Å². The first-order valence-corrected chi connectivity index (χ1v) is 17.2. The van der Waals surface area contributed by atoms with Gasteiger partial charge in [-0.05, 0) is 60.7 Å². The van der Waals surface area contributed by atoms with Gasteiger partial charge in [-0.1, -0.05) is 5.21 Å². The molecule has 2 aliphatic heterocycles. The molecular formula is C36H34F2N12O7. The van der Waals surface area contributed by atoms with Crippen molar-refractivity contribution in [2.24, 2.45) is 0 Å². The van der Waals surface area contributed by atoms with Gasteiger partial charge in [0.2, 0.25) is 0 Å². The molecule has 6 aromatic rings. The normalized spacial score (nSPS) is 16.2. The minimum atomic E-state index is -0.611. The Morgan fingerprint density at radius 1 is 0.772 bits per heavy atom. The number of rotatable bonds is 12. The van der Waals surface area contributed by atoms with E-state index in [4.69, 9.17) is 24.4 Å². The van der Waals surface area contributed by atoms with Gasteiger partial charge in [-0.2, -0.15) is 10.3 Å². The highest BCUT2D eigenvalue weighted by Gasteiger charge is 2.33. The first-order valence-electron chi connectivity index (χ1n) is 17.2. The molecule has 0 aliphatic carbocycles. The van der Waals surface area contributed by atoms with Gasteiger partial charge >= 0.3 is 12.2 Å². The predicted octanol–water partition coefficient (Wildman–Crippen LogP) is 4.21. The monoisotopic (exact) mass is 784 g/mol. The van der Waals surface area contributed by atoms with Crippen molar-refractivity contribution in [1.29, 1.82) is 0 Å². The zero-order valence-corrected chi connectivity index (χ0v) is 30.0. The molecule has 0 bridgehead atoms. The van der Waals surface area contributed by atoms with Crippen LogP contribution >= 0.6 is 0 Å².